The van der Waals surface area contributed by atoms with Crippen molar-refractivity contribution in [3.8, 4) is 16.9 Å². The lowest BCUT2D eigenvalue weighted by molar-refractivity contribution is -0.121. The number of pyridine rings is 1. The number of piperidine rings is 1. The third-order valence-corrected chi connectivity index (χ3v) is 6.11. The van der Waals surface area contributed by atoms with Gasteiger partial charge in [0.05, 0.1) is 18.5 Å². The Morgan fingerprint density at radius 2 is 2.14 bits per heavy atom. The van der Waals surface area contributed by atoms with Gasteiger partial charge in [0.15, 0.2) is 0 Å². The summed E-state index contributed by atoms with van der Waals surface area (Å²) in [5.74, 6) is 1.17. The molecule has 2 aliphatic heterocycles. The van der Waals surface area contributed by atoms with Crippen molar-refractivity contribution in [2.45, 2.75) is 25.7 Å². The number of nitrogens with zero attached hydrogens (tertiary/aromatic N) is 2. The number of hydrogen-bond acceptors (Lipinski definition) is 4. The molecule has 2 N–H and O–H groups in total. The van der Waals surface area contributed by atoms with Crippen LogP contribution in [0.25, 0.3) is 22.2 Å². The van der Waals surface area contributed by atoms with Gasteiger partial charge in [-0.25, -0.2) is 4.98 Å². The SMILES string of the molecule is CN1CCC(C(=O)Nc2cnc3[nH]cc(-c4ccc5c(c4)CCCO5)c3c2)CC1. The lowest BCUT2D eigenvalue weighted by Gasteiger charge is -2.28. The molecule has 29 heavy (non-hydrogen) atoms. The topological polar surface area (TPSA) is 70.2 Å². The Morgan fingerprint density at radius 3 is 3.00 bits per heavy atom. The Morgan fingerprint density at radius 1 is 1.28 bits per heavy atom. The minimum atomic E-state index is 0.0771. The van der Waals surface area contributed by atoms with E-state index in [2.05, 4.69) is 45.4 Å². The second kappa shape index (κ2) is 7.52. The first-order valence-corrected chi connectivity index (χ1v) is 10.4. The zero-order chi connectivity index (χ0) is 19.8. The summed E-state index contributed by atoms with van der Waals surface area (Å²) in [6.45, 7) is 2.74. The van der Waals surface area contributed by atoms with Crippen molar-refractivity contribution in [1.29, 1.82) is 0 Å². The molecule has 2 aliphatic rings. The largest absolute Gasteiger partial charge is 0.493 e. The number of likely N-dealkylation sites (tertiary alicyclic amines) is 1. The number of carbonyl (C=O) groups is 1. The summed E-state index contributed by atoms with van der Waals surface area (Å²) in [5.41, 5.74) is 5.06. The van der Waals surface area contributed by atoms with Crippen molar-refractivity contribution in [3.05, 3.63) is 42.2 Å². The van der Waals surface area contributed by atoms with Gasteiger partial charge in [-0.3, -0.25) is 4.79 Å². The maximum absolute atomic E-state index is 12.7. The number of nitrogens with one attached hydrogen (secondary N) is 2. The van der Waals surface area contributed by atoms with Crippen molar-refractivity contribution in [2.24, 2.45) is 5.92 Å². The van der Waals surface area contributed by atoms with Crippen LogP contribution in [0.4, 0.5) is 5.69 Å². The highest BCUT2D eigenvalue weighted by Crippen LogP contribution is 2.34. The number of aryl methyl sites for hydroxylation is 1. The van der Waals surface area contributed by atoms with Crippen LogP contribution in [-0.2, 0) is 11.2 Å². The molecule has 0 saturated carbocycles. The summed E-state index contributed by atoms with van der Waals surface area (Å²) in [6, 6.07) is 8.39. The smallest absolute Gasteiger partial charge is 0.227 e. The van der Waals surface area contributed by atoms with Gasteiger partial charge in [0.1, 0.15) is 11.4 Å². The van der Waals surface area contributed by atoms with E-state index in [-0.39, 0.29) is 11.8 Å². The molecule has 6 nitrogen and oxygen atoms in total. The highest BCUT2D eigenvalue weighted by Gasteiger charge is 2.23. The van der Waals surface area contributed by atoms with E-state index in [1.165, 1.54) is 5.56 Å². The fourth-order valence-corrected chi connectivity index (χ4v) is 4.35. The standard InChI is InChI=1S/C23H26N4O2/c1-27-8-6-15(7-9-27)23(28)26-18-12-19-20(14-25-22(19)24-13-18)16-4-5-21-17(11-16)3-2-10-29-21/h4-5,11-15H,2-3,6-10H2,1H3,(H,24,25)(H,26,28). The number of aromatic nitrogens is 2. The Hall–Kier alpha value is -2.86. The number of amides is 1. The van der Waals surface area contributed by atoms with Crippen LogP contribution in [0.2, 0.25) is 0 Å². The van der Waals surface area contributed by atoms with Crippen molar-refractivity contribution in [3.63, 3.8) is 0 Å². The summed E-state index contributed by atoms with van der Waals surface area (Å²) < 4.78 is 5.74. The van der Waals surface area contributed by atoms with E-state index < -0.39 is 0 Å². The van der Waals surface area contributed by atoms with Crippen LogP contribution < -0.4 is 10.1 Å². The average molecular weight is 390 g/mol. The maximum atomic E-state index is 12.7. The molecular weight excluding hydrogens is 364 g/mol. The van der Waals surface area contributed by atoms with Gasteiger partial charge >= 0.3 is 0 Å². The number of hydrogen-bond donors (Lipinski definition) is 2. The van der Waals surface area contributed by atoms with Crippen LogP contribution in [0, 0.1) is 5.92 Å². The molecule has 1 aromatic carbocycles. The molecule has 1 saturated heterocycles. The molecule has 5 rings (SSSR count). The predicted octanol–water partition coefficient (Wildman–Crippen LogP) is 3.84. The van der Waals surface area contributed by atoms with E-state index in [0.29, 0.717) is 0 Å². The first-order chi connectivity index (χ1) is 14.2. The Balaban J connectivity index is 1.41. The molecule has 1 fully saturated rings. The molecule has 0 spiro atoms. The molecule has 150 valence electrons. The predicted molar refractivity (Wildman–Crippen MR) is 114 cm³/mol. The fraction of sp³-hybridized carbons (Fsp3) is 0.391. The molecule has 1 amide bonds. The second-order valence-electron chi connectivity index (χ2n) is 8.16. The number of benzene rings is 1. The summed E-state index contributed by atoms with van der Waals surface area (Å²) in [5, 5.41) is 4.10. The van der Waals surface area contributed by atoms with Crippen LogP contribution in [0.15, 0.2) is 36.7 Å². The highest BCUT2D eigenvalue weighted by atomic mass is 16.5. The Bertz CT molecular complexity index is 1050. The van der Waals surface area contributed by atoms with E-state index in [4.69, 9.17) is 4.74 Å². The number of carbonyl (C=O) groups excluding carboxylic acids is 1. The van der Waals surface area contributed by atoms with Gasteiger partial charge in [-0.15, -0.1) is 0 Å². The first kappa shape index (κ1) is 18.2. The Kier molecular flexibility index (Phi) is 4.72. The number of rotatable bonds is 3. The first-order valence-electron chi connectivity index (χ1n) is 10.4. The van der Waals surface area contributed by atoms with Gasteiger partial charge in [0, 0.05) is 23.1 Å². The molecule has 0 aliphatic carbocycles. The van der Waals surface area contributed by atoms with Gasteiger partial charge in [-0.1, -0.05) is 6.07 Å². The zero-order valence-corrected chi connectivity index (χ0v) is 16.7. The molecule has 0 atom stereocenters. The van der Waals surface area contributed by atoms with Gasteiger partial charge in [0.2, 0.25) is 5.91 Å². The number of H-pyrrole nitrogens is 1. The molecule has 6 heteroatoms. The van der Waals surface area contributed by atoms with Crippen LogP contribution in [0.1, 0.15) is 24.8 Å². The van der Waals surface area contributed by atoms with Gasteiger partial charge in [0.25, 0.3) is 0 Å². The van der Waals surface area contributed by atoms with E-state index in [0.717, 1.165) is 79.0 Å². The van der Waals surface area contributed by atoms with Crippen molar-refractivity contribution < 1.29 is 9.53 Å². The summed E-state index contributed by atoms with van der Waals surface area (Å²) in [7, 11) is 2.10. The summed E-state index contributed by atoms with van der Waals surface area (Å²) in [4.78, 5) is 22.7. The van der Waals surface area contributed by atoms with Crippen LogP contribution >= 0.6 is 0 Å². The summed E-state index contributed by atoms with van der Waals surface area (Å²) >= 11 is 0. The molecule has 0 radical (unpaired) electrons. The lowest BCUT2D eigenvalue weighted by Crippen LogP contribution is -2.35. The Labute approximate surface area is 170 Å². The molecular formula is C23H26N4O2. The fourth-order valence-electron chi connectivity index (χ4n) is 4.35. The number of ether oxygens (including phenoxy) is 1. The number of anilines is 1. The second-order valence-corrected chi connectivity index (χ2v) is 8.16. The highest BCUT2D eigenvalue weighted by molar-refractivity contribution is 5.98. The van der Waals surface area contributed by atoms with E-state index in [1.54, 1.807) is 6.20 Å². The zero-order valence-electron chi connectivity index (χ0n) is 16.7. The van der Waals surface area contributed by atoms with Crippen molar-refractivity contribution >= 4 is 22.6 Å². The van der Waals surface area contributed by atoms with Gasteiger partial charge in [-0.05, 0) is 75.1 Å². The van der Waals surface area contributed by atoms with Crippen LogP contribution in [0.5, 0.6) is 5.75 Å². The van der Waals surface area contributed by atoms with E-state index in [9.17, 15) is 4.79 Å². The third-order valence-electron chi connectivity index (χ3n) is 6.11. The number of aromatic amines is 1. The quantitative estimate of drug-likeness (QED) is 0.713. The number of fused-ring (bicyclic) bond motifs is 2. The van der Waals surface area contributed by atoms with E-state index >= 15 is 0 Å². The minimum absolute atomic E-state index is 0.0771. The van der Waals surface area contributed by atoms with Crippen LogP contribution in [0.3, 0.4) is 0 Å². The van der Waals surface area contributed by atoms with Crippen LogP contribution in [-0.4, -0.2) is 47.5 Å². The van der Waals surface area contributed by atoms with Gasteiger partial charge in [-0.2, -0.15) is 0 Å². The van der Waals surface area contributed by atoms with Crippen molar-refractivity contribution in [2.75, 3.05) is 32.1 Å². The average Bonchev–Trinajstić information content (AvgIpc) is 3.17. The van der Waals surface area contributed by atoms with Gasteiger partial charge < -0.3 is 19.9 Å². The molecule has 0 unspecified atom stereocenters. The molecule has 4 heterocycles. The third kappa shape index (κ3) is 3.60. The minimum Gasteiger partial charge on any atom is -0.493 e. The van der Waals surface area contributed by atoms with E-state index in [1.807, 2.05) is 12.3 Å². The summed E-state index contributed by atoms with van der Waals surface area (Å²) in [6.07, 6.45) is 7.64. The maximum Gasteiger partial charge on any atom is 0.227 e. The molecule has 3 aromatic rings. The molecule has 0 bridgehead atoms. The molecule has 2 aromatic heterocycles. The normalized spacial score (nSPS) is 17.7. The lowest BCUT2D eigenvalue weighted by atomic mass is 9.96. The van der Waals surface area contributed by atoms with Crippen molar-refractivity contribution in [1.82, 2.24) is 14.9 Å². The monoisotopic (exact) mass is 390 g/mol.